The van der Waals surface area contributed by atoms with E-state index in [1.54, 1.807) is 28.8 Å². The summed E-state index contributed by atoms with van der Waals surface area (Å²) < 4.78 is 3.81. The Morgan fingerprint density at radius 2 is 1.91 bits per heavy atom. The number of ketones is 1. The molecule has 0 unspecified atom stereocenters. The average Bonchev–Trinajstić information content (AvgIpc) is 3.56. The summed E-state index contributed by atoms with van der Waals surface area (Å²) in [6.45, 7) is 4.07. The minimum Gasteiger partial charge on any atom is -0.345 e. The van der Waals surface area contributed by atoms with E-state index in [9.17, 15) is 9.59 Å². The monoisotopic (exact) mass is 463 g/mol. The lowest BCUT2D eigenvalue weighted by Crippen LogP contribution is -2.22. The molecule has 0 N–H and O–H groups in total. The van der Waals surface area contributed by atoms with Gasteiger partial charge in [0.2, 0.25) is 0 Å². The van der Waals surface area contributed by atoms with Gasteiger partial charge in [-0.05, 0) is 63.1 Å². The van der Waals surface area contributed by atoms with Gasteiger partial charge in [0.1, 0.15) is 0 Å². The molecule has 5 nitrogen and oxygen atoms in total. The van der Waals surface area contributed by atoms with Crippen molar-refractivity contribution in [1.82, 2.24) is 14.1 Å². The fourth-order valence-electron chi connectivity index (χ4n) is 4.21. The van der Waals surface area contributed by atoms with Crippen molar-refractivity contribution in [3.63, 3.8) is 0 Å². The van der Waals surface area contributed by atoms with E-state index in [1.165, 1.54) is 24.6 Å². The van der Waals surface area contributed by atoms with Crippen LogP contribution in [-0.2, 0) is 0 Å². The van der Waals surface area contributed by atoms with E-state index in [2.05, 4.69) is 11.5 Å². The highest BCUT2D eigenvalue weighted by Crippen LogP contribution is 2.38. The summed E-state index contributed by atoms with van der Waals surface area (Å²) >= 11 is 7.47. The van der Waals surface area contributed by atoms with E-state index in [1.807, 2.05) is 37.3 Å². The lowest BCUT2D eigenvalue weighted by Gasteiger charge is -2.13. The zero-order valence-corrected chi connectivity index (χ0v) is 19.4. The largest absolute Gasteiger partial charge is 0.345 e. The van der Waals surface area contributed by atoms with E-state index in [0.29, 0.717) is 32.8 Å². The maximum absolute atomic E-state index is 13.3. The molecule has 1 aliphatic rings. The highest BCUT2D eigenvalue weighted by atomic mass is 35.5. The second kappa shape index (κ2) is 8.26. The Balaban J connectivity index is 1.53. The van der Waals surface area contributed by atoms with Gasteiger partial charge in [0.25, 0.3) is 5.56 Å². The number of hydrogen-bond donors (Lipinski definition) is 0. The molecular weight excluding hydrogens is 442 g/mol. The van der Waals surface area contributed by atoms with Crippen LogP contribution in [0.15, 0.2) is 64.5 Å². The highest BCUT2D eigenvalue weighted by Gasteiger charge is 2.28. The second-order valence-electron chi connectivity index (χ2n) is 8.13. The minimum absolute atomic E-state index is 0.0371. The lowest BCUT2D eigenvalue weighted by molar-refractivity contribution is 0.102. The number of aromatic nitrogens is 3. The molecule has 0 radical (unpaired) electrons. The van der Waals surface area contributed by atoms with Crippen LogP contribution in [0.3, 0.4) is 0 Å². The first-order chi connectivity index (χ1) is 15.4. The molecule has 2 aromatic carbocycles. The number of Topliss-reactive ketones (excluding diaryl/α,β-unsaturated/α-hetero) is 1. The number of halogens is 1. The van der Waals surface area contributed by atoms with Gasteiger partial charge in [-0.2, -0.15) is 0 Å². The number of nitrogens with zero attached hydrogens (tertiary/aromatic N) is 3. The van der Waals surface area contributed by atoms with Crippen LogP contribution < -0.4 is 5.56 Å². The summed E-state index contributed by atoms with van der Waals surface area (Å²) in [6, 6.07) is 16.9. The average molecular weight is 464 g/mol. The Labute approximate surface area is 195 Å². The lowest BCUT2D eigenvalue weighted by atomic mass is 10.2. The summed E-state index contributed by atoms with van der Waals surface area (Å²) in [4.78, 5) is 31.2. The predicted octanol–water partition coefficient (Wildman–Crippen LogP) is 5.77. The molecule has 2 heterocycles. The van der Waals surface area contributed by atoms with Crippen LogP contribution in [-0.4, -0.2) is 25.7 Å². The van der Waals surface area contributed by atoms with E-state index < -0.39 is 0 Å². The van der Waals surface area contributed by atoms with Gasteiger partial charge in [-0.1, -0.05) is 41.6 Å². The number of aryl methyl sites for hydroxylation is 1. The number of carbonyl (C=O) groups is 1. The smallest absolute Gasteiger partial charge is 0.266 e. The van der Waals surface area contributed by atoms with Crippen LogP contribution in [0.2, 0.25) is 5.02 Å². The maximum Gasteiger partial charge on any atom is 0.266 e. The molecule has 32 heavy (non-hydrogen) atoms. The van der Waals surface area contributed by atoms with Crippen molar-refractivity contribution in [3.8, 4) is 5.69 Å². The topological polar surface area (TPSA) is 56.9 Å². The fourth-order valence-corrected chi connectivity index (χ4v) is 5.29. The normalized spacial score (nSPS) is 13.6. The van der Waals surface area contributed by atoms with E-state index in [4.69, 9.17) is 16.6 Å². The van der Waals surface area contributed by atoms with Crippen LogP contribution in [0.1, 0.15) is 40.6 Å². The first-order valence-electron chi connectivity index (χ1n) is 10.6. The van der Waals surface area contributed by atoms with Crippen molar-refractivity contribution >= 4 is 40.0 Å². The third-order valence-electron chi connectivity index (χ3n) is 5.84. The van der Waals surface area contributed by atoms with Gasteiger partial charge in [-0.25, -0.2) is 4.98 Å². The number of benzene rings is 2. The Morgan fingerprint density at radius 1 is 1.12 bits per heavy atom. The van der Waals surface area contributed by atoms with Gasteiger partial charge < -0.3 is 4.57 Å². The van der Waals surface area contributed by atoms with Crippen LogP contribution in [0.4, 0.5) is 0 Å². The van der Waals surface area contributed by atoms with Crippen LogP contribution >= 0.6 is 23.4 Å². The molecular formula is C25H22ClN3O2S. The first-order valence-corrected chi connectivity index (χ1v) is 11.9. The van der Waals surface area contributed by atoms with Crippen molar-refractivity contribution in [2.24, 2.45) is 0 Å². The summed E-state index contributed by atoms with van der Waals surface area (Å²) in [6.07, 6.45) is 2.34. The van der Waals surface area contributed by atoms with Crippen molar-refractivity contribution in [2.45, 2.75) is 37.9 Å². The molecule has 4 aromatic rings. The van der Waals surface area contributed by atoms with Crippen LogP contribution in [0.25, 0.3) is 16.6 Å². The van der Waals surface area contributed by atoms with Crippen molar-refractivity contribution < 1.29 is 4.79 Å². The molecule has 5 rings (SSSR count). The van der Waals surface area contributed by atoms with Crippen molar-refractivity contribution in [1.29, 1.82) is 0 Å². The maximum atomic E-state index is 13.3. The van der Waals surface area contributed by atoms with Crippen LogP contribution in [0.5, 0.6) is 0 Å². The zero-order valence-electron chi connectivity index (χ0n) is 17.8. The first kappa shape index (κ1) is 21.0. The quantitative estimate of drug-likeness (QED) is 0.207. The third kappa shape index (κ3) is 3.78. The molecule has 7 heteroatoms. The van der Waals surface area contributed by atoms with Gasteiger partial charge >= 0.3 is 0 Å². The number of thioether (sulfide) groups is 1. The van der Waals surface area contributed by atoms with Gasteiger partial charge in [-0.3, -0.25) is 14.2 Å². The minimum atomic E-state index is -0.181. The zero-order chi connectivity index (χ0) is 22.4. The molecule has 0 bridgehead atoms. The molecule has 2 aromatic heterocycles. The van der Waals surface area contributed by atoms with Gasteiger partial charge in [0, 0.05) is 28.0 Å². The van der Waals surface area contributed by atoms with E-state index >= 15 is 0 Å². The number of hydrogen-bond acceptors (Lipinski definition) is 4. The van der Waals surface area contributed by atoms with Crippen molar-refractivity contribution in [2.75, 3.05) is 5.75 Å². The second-order valence-corrected chi connectivity index (χ2v) is 9.51. The van der Waals surface area contributed by atoms with Gasteiger partial charge in [0.15, 0.2) is 10.9 Å². The fraction of sp³-hybridized carbons (Fsp3) is 0.240. The summed E-state index contributed by atoms with van der Waals surface area (Å²) in [5.74, 6) is 0.232. The number of carbonyl (C=O) groups excluding carboxylic acids is 1. The molecule has 0 amide bonds. The Hall–Kier alpha value is -2.83. The molecule has 0 spiro atoms. The molecule has 1 saturated carbocycles. The third-order valence-corrected chi connectivity index (χ3v) is 7.01. The number of para-hydroxylation sites is 1. The SMILES string of the molecule is Cc1cc(C(=O)CSc2nc3ccccc3c(=O)n2-c2cccc(Cl)c2)c(C)n1C1CC1. The standard InChI is InChI=1S/C25H22ClN3O2S/c1-15-12-21(16(2)28(15)18-10-11-18)23(30)14-32-25-27-22-9-4-3-8-20(22)24(31)29(25)19-7-5-6-17(26)13-19/h3-9,12-13,18H,10-11,14H2,1-2H3. The molecule has 0 aliphatic heterocycles. The van der Waals surface area contributed by atoms with Crippen LogP contribution in [0, 0.1) is 13.8 Å². The summed E-state index contributed by atoms with van der Waals surface area (Å²) in [7, 11) is 0. The molecule has 0 atom stereocenters. The molecule has 0 saturated heterocycles. The van der Waals surface area contributed by atoms with Gasteiger partial charge in [-0.15, -0.1) is 0 Å². The predicted molar refractivity (Wildman–Crippen MR) is 130 cm³/mol. The summed E-state index contributed by atoms with van der Waals surface area (Å²) in [5.41, 5.74) is 3.95. The van der Waals surface area contributed by atoms with Crippen molar-refractivity contribution in [3.05, 3.63) is 86.9 Å². The summed E-state index contributed by atoms with van der Waals surface area (Å²) in [5, 5.41) is 1.53. The Morgan fingerprint density at radius 3 is 2.66 bits per heavy atom. The molecule has 1 aliphatic carbocycles. The number of fused-ring (bicyclic) bond motifs is 1. The molecule has 162 valence electrons. The number of rotatable bonds is 6. The van der Waals surface area contributed by atoms with E-state index in [0.717, 1.165) is 17.0 Å². The highest BCUT2D eigenvalue weighted by molar-refractivity contribution is 7.99. The van der Waals surface area contributed by atoms with Gasteiger partial charge in [0.05, 0.1) is 22.3 Å². The Kier molecular flexibility index (Phi) is 5.43. The Bertz CT molecular complexity index is 1420. The van der Waals surface area contributed by atoms with E-state index in [-0.39, 0.29) is 17.1 Å². The molecule has 1 fully saturated rings.